The zero-order valence-electron chi connectivity index (χ0n) is 16.0. The molecule has 2 N–H and O–H groups in total. The third kappa shape index (κ3) is 5.56. The average Bonchev–Trinajstić information content (AvgIpc) is 2.74. The molecule has 0 saturated carbocycles. The van der Waals surface area contributed by atoms with Gasteiger partial charge in [0.05, 0.1) is 12.7 Å². The highest BCUT2D eigenvalue weighted by Gasteiger charge is 2.11. The molecule has 0 aliphatic carbocycles. The number of carboxylic acids is 1. The molecule has 0 unspecified atom stereocenters. The lowest BCUT2D eigenvalue weighted by atomic mass is 10.1. The van der Waals surface area contributed by atoms with Crippen LogP contribution in [0.5, 0.6) is 11.5 Å². The van der Waals surface area contributed by atoms with Crippen LogP contribution >= 0.6 is 0 Å². The smallest absolute Gasteiger partial charge is 0.335 e. The zero-order valence-corrected chi connectivity index (χ0v) is 16.0. The number of hydrogen-bond donors (Lipinski definition) is 2. The number of halogens is 1. The number of nitrogens with one attached hydrogen (secondary N) is 1. The first-order valence-corrected chi connectivity index (χ1v) is 9.13. The molecule has 0 aromatic heterocycles. The van der Waals surface area contributed by atoms with E-state index in [0.29, 0.717) is 31.2 Å². The van der Waals surface area contributed by atoms with Crippen molar-refractivity contribution in [3.8, 4) is 11.5 Å². The number of carbonyl (C=O) groups is 1. The first-order valence-electron chi connectivity index (χ1n) is 9.13. The summed E-state index contributed by atoms with van der Waals surface area (Å²) in [6.45, 7) is 1.41. The highest BCUT2D eigenvalue weighted by atomic mass is 19.1. The van der Waals surface area contributed by atoms with Gasteiger partial charge in [0.25, 0.3) is 0 Å². The van der Waals surface area contributed by atoms with E-state index in [2.05, 4.69) is 5.32 Å². The Labute approximate surface area is 168 Å². The molecule has 5 nitrogen and oxygen atoms in total. The molecule has 0 aliphatic heterocycles. The van der Waals surface area contributed by atoms with E-state index in [4.69, 9.17) is 14.6 Å². The van der Waals surface area contributed by atoms with Crippen LogP contribution in [-0.2, 0) is 19.7 Å². The molecule has 0 saturated heterocycles. The molecule has 0 bridgehead atoms. The summed E-state index contributed by atoms with van der Waals surface area (Å²) in [7, 11) is 1.58. The number of rotatable bonds is 9. The van der Waals surface area contributed by atoms with Gasteiger partial charge in [0.2, 0.25) is 0 Å². The lowest BCUT2D eigenvalue weighted by Crippen LogP contribution is -2.14. The number of ether oxygens (including phenoxy) is 2. The summed E-state index contributed by atoms with van der Waals surface area (Å²) < 4.78 is 24.5. The van der Waals surface area contributed by atoms with Crippen LogP contribution in [0, 0.1) is 5.82 Å². The Kier molecular flexibility index (Phi) is 6.81. The first kappa shape index (κ1) is 20.4. The molecular formula is C23H22FNO4. The maximum Gasteiger partial charge on any atom is 0.335 e. The molecule has 0 spiro atoms. The van der Waals surface area contributed by atoms with Gasteiger partial charge in [-0.1, -0.05) is 36.4 Å². The largest absolute Gasteiger partial charge is 0.493 e. The molecule has 0 radical (unpaired) electrons. The highest BCUT2D eigenvalue weighted by molar-refractivity contribution is 5.87. The van der Waals surface area contributed by atoms with Crippen molar-refractivity contribution < 1.29 is 23.8 Å². The maximum atomic E-state index is 13.1. The van der Waals surface area contributed by atoms with E-state index >= 15 is 0 Å². The molecule has 3 rings (SSSR count). The van der Waals surface area contributed by atoms with Gasteiger partial charge in [0.15, 0.2) is 11.5 Å². The zero-order chi connectivity index (χ0) is 20.6. The number of para-hydroxylation sites is 1. The van der Waals surface area contributed by atoms with Crippen molar-refractivity contribution in [1.82, 2.24) is 5.32 Å². The normalized spacial score (nSPS) is 10.6. The first-order chi connectivity index (χ1) is 14.1. The minimum atomic E-state index is -0.941. The summed E-state index contributed by atoms with van der Waals surface area (Å²) in [6.07, 6.45) is 0. The molecule has 29 heavy (non-hydrogen) atoms. The molecule has 6 heteroatoms. The van der Waals surface area contributed by atoms with Crippen molar-refractivity contribution >= 4 is 5.97 Å². The van der Waals surface area contributed by atoms with Gasteiger partial charge in [0.1, 0.15) is 12.4 Å². The van der Waals surface area contributed by atoms with E-state index < -0.39 is 5.97 Å². The molecule has 150 valence electrons. The summed E-state index contributed by atoms with van der Waals surface area (Å²) in [5.74, 6) is 0.0291. The molecule has 0 atom stereocenters. The summed E-state index contributed by atoms with van der Waals surface area (Å²) >= 11 is 0. The second-order valence-corrected chi connectivity index (χ2v) is 6.47. The lowest BCUT2D eigenvalue weighted by Gasteiger charge is -2.16. The predicted molar refractivity (Wildman–Crippen MR) is 108 cm³/mol. The van der Waals surface area contributed by atoms with Crippen molar-refractivity contribution in [3.63, 3.8) is 0 Å². The monoisotopic (exact) mass is 395 g/mol. The fraction of sp³-hybridized carbons (Fsp3) is 0.174. The minimum Gasteiger partial charge on any atom is -0.493 e. The topological polar surface area (TPSA) is 67.8 Å². The van der Waals surface area contributed by atoms with E-state index in [9.17, 15) is 9.18 Å². The van der Waals surface area contributed by atoms with Crippen molar-refractivity contribution in [2.24, 2.45) is 0 Å². The predicted octanol–water partition coefficient (Wildman–Crippen LogP) is 4.40. The summed E-state index contributed by atoms with van der Waals surface area (Å²) in [5.41, 5.74) is 3.02. The molecule has 0 aliphatic rings. The minimum absolute atomic E-state index is 0.262. The van der Waals surface area contributed by atoms with Crippen LogP contribution < -0.4 is 14.8 Å². The van der Waals surface area contributed by atoms with Crippen molar-refractivity contribution in [2.75, 3.05) is 7.11 Å². The summed E-state index contributed by atoms with van der Waals surface area (Å²) in [5, 5.41) is 12.3. The van der Waals surface area contributed by atoms with Crippen LogP contribution in [0.15, 0.2) is 66.7 Å². The van der Waals surface area contributed by atoms with Crippen molar-refractivity contribution in [2.45, 2.75) is 19.7 Å². The fourth-order valence-corrected chi connectivity index (χ4v) is 2.87. The van der Waals surface area contributed by atoms with Crippen LogP contribution in [0.4, 0.5) is 4.39 Å². The van der Waals surface area contributed by atoms with Gasteiger partial charge in [-0.3, -0.25) is 0 Å². The molecule has 0 heterocycles. The van der Waals surface area contributed by atoms with Gasteiger partial charge in [-0.05, 0) is 41.5 Å². The van der Waals surface area contributed by atoms with Gasteiger partial charge in [-0.2, -0.15) is 0 Å². The summed E-state index contributed by atoms with van der Waals surface area (Å²) in [6, 6.07) is 18.6. The van der Waals surface area contributed by atoms with Crippen molar-refractivity contribution in [1.29, 1.82) is 0 Å². The molecule has 0 fully saturated rings. The van der Waals surface area contributed by atoms with Crippen LogP contribution in [0.1, 0.15) is 27.0 Å². The van der Waals surface area contributed by atoms with E-state index in [1.807, 2.05) is 18.2 Å². The number of aromatic carboxylic acids is 1. The Balaban J connectivity index is 1.65. The van der Waals surface area contributed by atoms with Crippen LogP contribution in [-0.4, -0.2) is 18.2 Å². The van der Waals surface area contributed by atoms with Gasteiger partial charge < -0.3 is 19.9 Å². The second-order valence-electron chi connectivity index (χ2n) is 6.47. The molecule has 3 aromatic carbocycles. The van der Waals surface area contributed by atoms with Crippen LogP contribution in [0.2, 0.25) is 0 Å². The van der Waals surface area contributed by atoms with Crippen molar-refractivity contribution in [3.05, 3.63) is 94.8 Å². The SMILES string of the molecule is COc1cccc(CNCc2ccc(C(=O)O)cc2)c1OCc1ccc(F)cc1. The molecule has 3 aromatic rings. The summed E-state index contributed by atoms with van der Waals surface area (Å²) in [4.78, 5) is 10.9. The van der Waals surface area contributed by atoms with E-state index in [0.717, 1.165) is 16.7 Å². The van der Waals surface area contributed by atoms with Gasteiger partial charge in [0, 0.05) is 18.7 Å². The quantitative estimate of drug-likeness (QED) is 0.562. The highest BCUT2D eigenvalue weighted by Crippen LogP contribution is 2.32. The molecule has 0 amide bonds. The van der Waals surface area contributed by atoms with Crippen LogP contribution in [0.25, 0.3) is 0 Å². The van der Waals surface area contributed by atoms with E-state index in [1.165, 1.54) is 12.1 Å². The standard InChI is InChI=1S/C23H22FNO4/c1-28-21-4-2-3-19(22(21)29-15-17-7-11-20(24)12-8-17)14-25-13-16-5-9-18(10-6-16)23(26)27/h2-12,25H,13-15H2,1H3,(H,26,27). The van der Waals surface area contributed by atoms with Crippen LogP contribution in [0.3, 0.4) is 0 Å². The number of hydrogen-bond acceptors (Lipinski definition) is 4. The Morgan fingerprint density at radius 1 is 0.966 bits per heavy atom. The average molecular weight is 395 g/mol. The van der Waals surface area contributed by atoms with Gasteiger partial charge in [-0.25, -0.2) is 9.18 Å². The Bertz CT molecular complexity index is 956. The number of benzene rings is 3. The fourth-order valence-electron chi connectivity index (χ4n) is 2.87. The lowest BCUT2D eigenvalue weighted by molar-refractivity contribution is 0.0697. The Morgan fingerprint density at radius 3 is 2.31 bits per heavy atom. The third-order valence-corrected chi connectivity index (χ3v) is 4.42. The van der Waals surface area contributed by atoms with E-state index in [-0.39, 0.29) is 11.4 Å². The van der Waals surface area contributed by atoms with Gasteiger partial charge >= 0.3 is 5.97 Å². The maximum absolute atomic E-state index is 13.1. The van der Waals surface area contributed by atoms with Gasteiger partial charge in [-0.15, -0.1) is 0 Å². The van der Waals surface area contributed by atoms with E-state index in [1.54, 1.807) is 43.5 Å². The Morgan fingerprint density at radius 2 is 1.66 bits per heavy atom. The second kappa shape index (κ2) is 9.71. The third-order valence-electron chi connectivity index (χ3n) is 4.42. The Hall–Kier alpha value is -3.38. The number of methoxy groups -OCH3 is 1. The molecular weight excluding hydrogens is 373 g/mol. The number of carboxylic acid groups (broad SMARTS) is 1.